The number of hydrogen-bond acceptors (Lipinski definition) is 6. The summed E-state index contributed by atoms with van der Waals surface area (Å²) in [6.45, 7) is 1.68. The monoisotopic (exact) mass is 587 g/mol. The number of para-hydroxylation sites is 1. The zero-order valence-electron chi connectivity index (χ0n) is 21.5. The molecule has 4 aromatic rings. The van der Waals surface area contributed by atoms with Gasteiger partial charge in [0.1, 0.15) is 16.7 Å². The van der Waals surface area contributed by atoms with E-state index < -0.39 is 0 Å². The lowest BCUT2D eigenvalue weighted by molar-refractivity contribution is -0.123. The van der Waals surface area contributed by atoms with Crippen molar-refractivity contribution < 1.29 is 14.3 Å². The molecule has 6 rings (SSSR count). The second-order valence-electron chi connectivity index (χ2n) is 9.58. The first kappa shape index (κ1) is 26.8. The topological polar surface area (TPSA) is 56.6 Å². The standard InChI is InChI=1S/C31H26ClN3O3S2/c32-24-12-8-21(9-13-24)20-38-26-14-10-22(11-15-26)29-23(18-35(33-29)25-5-2-1-3-6-25)17-28-30(36)34(31(39)40-28)19-27-7-4-16-37-27/h1-3,5-6,8-15,17-18,27H,4,7,16,19-20H2/b28-17-/t27-/m1/s1. The Balaban J connectivity index is 1.27. The maximum absolute atomic E-state index is 13.3. The molecular weight excluding hydrogens is 562 g/mol. The van der Waals surface area contributed by atoms with Crippen LogP contribution >= 0.6 is 35.6 Å². The van der Waals surface area contributed by atoms with Gasteiger partial charge in [0.15, 0.2) is 0 Å². The molecule has 1 amide bonds. The maximum atomic E-state index is 13.3. The predicted molar refractivity (Wildman–Crippen MR) is 164 cm³/mol. The number of benzene rings is 3. The highest BCUT2D eigenvalue weighted by Crippen LogP contribution is 2.36. The highest BCUT2D eigenvalue weighted by atomic mass is 35.5. The predicted octanol–water partition coefficient (Wildman–Crippen LogP) is 7.15. The number of thioether (sulfide) groups is 1. The Morgan fingerprint density at radius 1 is 1.07 bits per heavy atom. The third-order valence-electron chi connectivity index (χ3n) is 6.78. The van der Waals surface area contributed by atoms with Gasteiger partial charge in [-0.2, -0.15) is 5.10 Å². The molecule has 6 nitrogen and oxygen atoms in total. The van der Waals surface area contributed by atoms with Crippen molar-refractivity contribution in [3.8, 4) is 22.7 Å². The SMILES string of the molecule is O=C1/C(=C/c2cn(-c3ccccc3)nc2-c2ccc(OCc3ccc(Cl)cc3)cc2)SC(=S)N1C[C@H]1CCCO1. The summed E-state index contributed by atoms with van der Waals surface area (Å²) >= 11 is 12.9. The van der Waals surface area contributed by atoms with E-state index in [1.54, 1.807) is 4.90 Å². The molecule has 0 unspecified atom stereocenters. The lowest BCUT2D eigenvalue weighted by atomic mass is 10.1. The van der Waals surface area contributed by atoms with Crippen LogP contribution in [0, 0.1) is 0 Å². The van der Waals surface area contributed by atoms with E-state index in [1.165, 1.54) is 11.8 Å². The second-order valence-corrected chi connectivity index (χ2v) is 11.7. The molecular formula is C31H26ClN3O3S2. The van der Waals surface area contributed by atoms with Crippen LogP contribution in [0.25, 0.3) is 23.0 Å². The molecule has 40 heavy (non-hydrogen) atoms. The van der Waals surface area contributed by atoms with Gasteiger partial charge in [0.05, 0.1) is 28.9 Å². The van der Waals surface area contributed by atoms with Crippen molar-refractivity contribution in [2.24, 2.45) is 0 Å². The maximum Gasteiger partial charge on any atom is 0.266 e. The van der Waals surface area contributed by atoms with Crippen molar-refractivity contribution in [1.82, 2.24) is 14.7 Å². The van der Waals surface area contributed by atoms with Gasteiger partial charge in [-0.15, -0.1) is 0 Å². The van der Waals surface area contributed by atoms with Crippen molar-refractivity contribution >= 4 is 51.9 Å². The van der Waals surface area contributed by atoms with Gasteiger partial charge in [0.25, 0.3) is 5.91 Å². The van der Waals surface area contributed by atoms with Crippen LogP contribution in [0.15, 0.2) is 90.0 Å². The van der Waals surface area contributed by atoms with Gasteiger partial charge >= 0.3 is 0 Å². The van der Waals surface area contributed by atoms with Gasteiger partial charge in [-0.3, -0.25) is 9.69 Å². The van der Waals surface area contributed by atoms with Gasteiger partial charge in [-0.05, 0) is 73.0 Å². The molecule has 0 saturated carbocycles. The molecule has 2 aliphatic heterocycles. The molecule has 1 atom stereocenters. The van der Waals surface area contributed by atoms with Crippen LogP contribution in [0.5, 0.6) is 5.75 Å². The van der Waals surface area contributed by atoms with Crippen LogP contribution in [0.2, 0.25) is 5.02 Å². The van der Waals surface area contributed by atoms with Crippen LogP contribution in [-0.4, -0.2) is 44.2 Å². The van der Waals surface area contributed by atoms with Gasteiger partial charge in [-0.1, -0.05) is 65.9 Å². The molecule has 0 radical (unpaired) electrons. The minimum absolute atomic E-state index is 0.0404. The quantitative estimate of drug-likeness (QED) is 0.161. The molecule has 2 saturated heterocycles. The normalized spacial score (nSPS) is 18.2. The Labute approximate surface area is 247 Å². The minimum Gasteiger partial charge on any atom is -0.489 e. The van der Waals surface area contributed by atoms with Crippen LogP contribution in [0.3, 0.4) is 0 Å². The number of hydrogen-bond donors (Lipinski definition) is 0. The lowest BCUT2D eigenvalue weighted by Crippen LogP contribution is -2.35. The van der Waals surface area contributed by atoms with Gasteiger partial charge < -0.3 is 9.47 Å². The molecule has 2 aliphatic rings. The number of ether oxygens (including phenoxy) is 2. The molecule has 0 N–H and O–H groups in total. The Hall–Kier alpha value is -3.43. The van der Waals surface area contributed by atoms with Gasteiger partial charge in [0.2, 0.25) is 0 Å². The zero-order valence-corrected chi connectivity index (χ0v) is 23.9. The highest BCUT2D eigenvalue weighted by Gasteiger charge is 2.35. The summed E-state index contributed by atoms with van der Waals surface area (Å²) in [4.78, 5) is 15.6. The minimum atomic E-state index is -0.0881. The van der Waals surface area contributed by atoms with Crippen LogP contribution in [0.4, 0.5) is 0 Å². The highest BCUT2D eigenvalue weighted by molar-refractivity contribution is 8.26. The Morgan fingerprint density at radius 2 is 1.85 bits per heavy atom. The number of rotatable bonds is 8. The molecule has 9 heteroatoms. The van der Waals surface area contributed by atoms with E-state index in [0.717, 1.165) is 53.3 Å². The van der Waals surface area contributed by atoms with Crippen molar-refractivity contribution in [2.45, 2.75) is 25.6 Å². The number of carbonyl (C=O) groups is 1. The van der Waals surface area contributed by atoms with Crippen LogP contribution < -0.4 is 4.74 Å². The van der Waals surface area contributed by atoms with E-state index >= 15 is 0 Å². The van der Waals surface area contributed by atoms with E-state index in [0.29, 0.717) is 27.4 Å². The number of aromatic nitrogens is 2. The summed E-state index contributed by atoms with van der Waals surface area (Å²) in [7, 11) is 0. The van der Waals surface area contributed by atoms with E-state index in [2.05, 4.69) is 0 Å². The van der Waals surface area contributed by atoms with Crippen LogP contribution in [-0.2, 0) is 16.1 Å². The van der Waals surface area contributed by atoms with Crippen molar-refractivity contribution in [2.75, 3.05) is 13.2 Å². The summed E-state index contributed by atoms with van der Waals surface area (Å²) in [6, 6.07) is 25.3. The zero-order chi connectivity index (χ0) is 27.5. The van der Waals surface area contributed by atoms with Gasteiger partial charge in [-0.25, -0.2) is 4.68 Å². The first-order valence-electron chi connectivity index (χ1n) is 13.0. The molecule has 3 aromatic carbocycles. The average Bonchev–Trinajstić information content (AvgIpc) is 3.71. The van der Waals surface area contributed by atoms with Crippen molar-refractivity contribution in [3.05, 3.63) is 106 Å². The van der Waals surface area contributed by atoms with E-state index in [1.807, 2.05) is 95.8 Å². The van der Waals surface area contributed by atoms with Crippen molar-refractivity contribution in [3.63, 3.8) is 0 Å². The number of carbonyl (C=O) groups excluding carboxylic acids is 1. The summed E-state index contributed by atoms with van der Waals surface area (Å²) in [6.07, 6.45) is 5.84. The third-order valence-corrected chi connectivity index (χ3v) is 8.41. The Bertz CT molecular complexity index is 1550. The lowest BCUT2D eigenvalue weighted by Gasteiger charge is -2.18. The van der Waals surface area contributed by atoms with Crippen molar-refractivity contribution in [1.29, 1.82) is 0 Å². The fraction of sp³-hybridized carbons (Fsp3) is 0.194. The molecule has 0 spiro atoms. The third kappa shape index (κ3) is 6.00. The summed E-state index contributed by atoms with van der Waals surface area (Å²) < 4.78 is 14.1. The molecule has 0 bridgehead atoms. The summed E-state index contributed by atoms with van der Waals surface area (Å²) in [5, 5.41) is 5.60. The van der Waals surface area contributed by atoms with Gasteiger partial charge in [0, 0.05) is 29.0 Å². The molecule has 3 heterocycles. The Morgan fingerprint density at radius 3 is 2.58 bits per heavy atom. The largest absolute Gasteiger partial charge is 0.489 e. The van der Waals surface area contributed by atoms with E-state index in [9.17, 15) is 4.79 Å². The first-order chi connectivity index (χ1) is 19.5. The second kappa shape index (κ2) is 12.0. The van der Waals surface area contributed by atoms with E-state index in [-0.39, 0.29) is 12.0 Å². The van der Waals surface area contributed by atoms with Crippen LogP contribution in [0.1, 0.15) is 24.0 Å². The first-order valence-corrected chi connectivity index (χ1v) is 14.6. The Kier molecular flexibility index (Phi) is 8.02. The fourth-order valence-electron chi connectivity index (χ4n) is 4.68. The summed E-state index contributed by atoms with van der Waals surface area (Å²) in [5.41, 5.74) is 4.47. The number of thiocarbonyl (C=S) groups is 1. The molecule has 2 fully saturated rings. The summed E-state index contributed by atoms with van der Waals surface area (Å²) in [5.74, 6) is 0.660. The van der Waals surface area contributed by atoms with E-state index in [4.69, 9.17) is 38.4 Å². The number of nitrogens with zero attached hydrogens (tertiary/aromatic N) is 3. The number of amides is 1. The average molecular weight is 588 g/mol. The number of halogens is 1. The smallest absolute Gasteiger partial charge is 0.266 e. The molecule has 0 aliphatic carbocycles. The fourth-order valence-corrected chi connectivity index (χ4v) is 6.07. The molecule has 1 aromatic heterocycles. The molecule has 202 valence electrons.